The van der Waals surface area contributed by atoms with Crippen molar-refractivity contribution in [1.29, 1.82) is 0 Å². The Hall–Kier alpha value is -0.900. The van der Waals surface area contributed by atoms with Crippen molar-refractivity contribution in [2.75, 3.05) is 6.26 Å². The maximum Gasteiger partial charge on any atom is 0.168 e. The number of halogens is 1. The Morgan fingerprint density at radius 1 is 1.16 bits per heavy atom. The average Bonchev–Trinajstić information content (AvgIpc) is 2.54. The van der Waals surface area contributed by atoms with Crippen LogP contribution in [-0.4, -0.2) is 12.0 Å². The second-order valence-corrected chi connectivity index (χ2v) is 6.72. The van der Waals surface area contributed by atoms with E-state index in [1.54, 1.807) is 23.5 Å². The summed E-state index contributed by atoms with van der Waals surface area (Å²) in [4.78, 5) is 15.7. The molecule has 1 aliphatic heterocycles. The molecule has 2 aromatic rings. The molecule has 1 heterocycles. The molecule has 0 saturated carbocycles. The van der Waals surface area contributed by atoms with Crippen LogP contribution < -0.4 is 0 Å². The Morgan fingerprint density at radius 3 is 2.74 bits per heavy atom. The van der Waals surface area contributed by atoms with Crippen molar-refractivity contribution in [2.45, 2.75) is 21.1 Å². The largest absolute Gasteiger partial charge is 0.294 e. The fourth-order valence-electron chi connectivity index (χ4n) is 2.12. The van der Waals surface area contributed by atoms with Crippen molar-refractivity contribution in [2.24, 2.45) is 0 Å². The summed E-state index contributed by atoms with van der Waals surface area (Å²) in [6, 6.07) is 11.8. The molecule has 0 amide bonds. The summed E-state index contributed by atoms with van der Waals surface area (Å²) in [6.07, 6.45) is 2.44. The van der Waals surface area contributed by atoms with Crippen LogP contribution in [0.15, 0.2) is 51.1 Å². The van der Waals surface area contributed by atoms with E-state index >= 15 is 0 Å². The summed E-state index contributed by atoms with van der Waals surface area (Å²) in [5, 5.41) is 0.683. The molecule has 2 aromatic carbocycles. The molecule has 0 N–H and O–H groups in total. The van der Waals surface area contributed by atoms with E-state index in [0.29, 0.717) is 11.4 Å². The number of thioether (sulfide) groups is 1. The predicted octanol–water partition coefficient (Wildman–Crippen LogP) is 4.95. The number of rotatable bonds is 1. The van der Waals surface area contributed by atoms with Crippen LogP contribution in [0, 0.1) is 0 Å². The first-order valence-electron chi connectivity index (χ1n) is 5.85. The fourth-order valence-corrected chi connectivity index (χ4v) is 3.80. The second kappa shape index (κ2) is 5.23. The molecule has 0 bridgehead atoms. The summed E-state index contributed by atoms with van der Waals surface area (Å²) < 4.78 is 0. The van der Waals surface area contributed by atoms with E-state index in [2.05, 4.69) is 6.07 Å². The van der Waals surface area contributed by atoms with Crippen molar-refractivity contribution in [3.63, 3.8) is 0 Å². The molecule has 0 fully saturated rings. The summed E-state index contributed by atoms with van der Waals surface area (Å²) >= 11 is 9.31. The van der Waals surface area contributed by atoms with Gasteiger partial charge in [-0.2, -0.15) is 0 Å². The van der Waals surface area contributed by atoms with Crippen LogP contribution in [0.2, 0.25) is 5.02 Å². The number of carbonyl (C=O) groups is 1. The average molecular weight is 307 g/mol. The molecule has 0 saturated heterocycles. The van der Waals surface area contributed by atoms with E-state index in [9.17, 15) is 4.79 Å². The molecule has 19 heavy (non-hydrogen) atoms. The first kappa shape index (κ1) is 13.1. The number of carbonyl (C=O) groups excluding carboxylic acids is 1. The first-order valence-corrected chi connectivity index (χ1v) is 8.27. The van der Waals surface area contributed by atoms with E-state index in [1.807, 2.05) is 36.6 Å². The molecule has 0 atom stereocenters. The third-order valence-corrected chi connectivity index (χ3v) is 5.24. The summed E-state index contributed by atoms with van der Waals surface area (Å²) in [5.74, 6) is 0.166. The lowest BCUT2D eigenvalue weighted by Crippen LogP contribution is -2.03. The number of hydrogen-bond donors (Lipinski definition) is 0. The topological polar surface area (TPSA) is 17.1 Å². The molecule has 0 aromatic heterocycles. The molecule has 0 aliphatic carbocycles. The lowest BCUT2D eigenvalue weighted by Gasteiger charge is -2.06. The highest BCUT2D eigenvalue weighted by Gasteiger charge is 2.20. The zero-order chi connectivity index (χ0) is 13.4. The fraction of sp³-hybridized carbons (Fsp3) is 0.133. The van der Waals surface area contributed by atoms with Crippen LogP contribution in [0.1, 0.15) is 15.9 Å². The maximum absolute atomic E-state index is 12.4. The smallest absolute Gasteiger partial charge is 0.168 e. The van der Waals surface area contributed by atoms with Crippen LogP contribution in [0.5, 0.6) is 0 Å². The van der Waals surface area contributed by atoms with E-state index in [4.69, 9.17) is 11.6 Å². The molecule has 1 nitrogen and oxygen atoms in total. The number of hydrogen-bond acceptors (Lipinski definition) is 3. The first-order chi connectivity index (χ1) is 9.17. The highest BCUT2D eigenvalue weighted by molar-refractivity contribution is 7.99. The highest BCUT2D eigenvalue weighted by atomic mass is 35.5. The Morgan fingerprint density at radius 2 is 1.95 bits per heavy atom. The molecule has 0 radical (unpaired) electrons. The Kier molecular flexibility index (Phi) is 3.61. The van der Waals surface area contributed by atoms with Crippen LogP contribution >= 0.6 is 35.1 Å². The Balaban J connectivity index is 2.12. The van der Waals surface area contributed by atoms with Crippen LogP contribution in [-0.2, 0) is 6.42 Å². The molecular weight excluding hydrogens is 296 g/mol. The van der Waals surface area contributed by atoms with Gasteiger partial charge in [0, 0.05) is 31.7 Å². The van der Waals surface area contributed by atoms with Gasteiger partial charge >= 0.3 is 0 Å². The standard InChI is InChI=1S/C15H11ClOS2/c1-18-11-3-5-15-12(8-11)13(17)7-9-6-10(16)2-4-14(9)19-15/h2-6,8H,7H2,1H3. The van der Waals surface area contributed by atoms with Gasteiger partial charge in [-0.3, -0.25) is 4.79 Å². The lowest BCUT2D eigenvalue weighted by molar-refractivity contribution is 0.0990. The zero-order valence-corrected chi connectivity index (χ0v) is 12.7. The lowest BCUT2D eigenvalue weighted by atomic mass is 10.0. The van der Waals surface area contributed by atoms with Gasteiger partial charge in [0.1, 0.15) is 0 Å². The van der Waals surface area contributed by atoms with Gasteiger partial charge in [0.2, 0.25) is 0 Å². The van der Waals surface area contributed by atoms with Crippen LogP contribution in [0.25, 0.3) is 0 Å². The minimum atomic E-state index is 0.166. The minimum Gasteiger partial charge on any atom is -0.294 e. The van der Waals surface area contributed by atoms with Gasteiger partial charge in [0.25, 0.3) is 0 Å². The van der Waals surface area contributed by atoms with E-state index in [1.165, 1.54) is 0 Å². The number of benzene rings is 2. The van der Waals surface area contributed by atoms with E-state index in [0.717, 1.165) is 25.8 Å². The van der Waals surface area contributed by atoms with Gasteiger partial charge in [-0.1, -0.05) is 23.4 Å². The number of ketones is 1. The van der Waals surface area contributed by atoms with E-state index < -0.39 is 0 Å². The molecular formula is C15H11ClOS2. The summed E-state index contributed by atoms with van der Waals surface area (Å²) in [5.41, 5.74) is 1.84. The van der Waals surface area contributed by atoms with Crippen molar-refractivity contribution >= 4 is 40.9 Å². The van der Waals surface area contributed by atoms with Crippen molar-refractivity contribution in [1.82, 2.24) is 0 Å². The van der Waals surface area contributed by atoms with Crippen molar-refractivity contribution in [3.8, 4) is 0 Å². The number of Topliss-reactive ketones (excluding diaryl/α,β-unsaturated/α-hetero) is 1. The van der Waals surface area contributed by atoms with Gasteiger partial charge in [-0.15, -0.1) is 11.8 Å². The van der Waals surface area contributed by atoms with Gasteiger partial charge in [0.15, 0.2) is 5.78 Å². The molecule has 0 spiro atoms. The Labute approximate surface area is 125 Å². The van der Waals surface area contributed by atoms with Gasteiger partial charge < -0.3 is 0 Å². The second-order valence-electron chi connectivity index (χ2n) is 4.32. The van der Waals surface area contributed by atoms with Gasteiger partial charge in [-0.25, -0.2) is 0 Å². The number of fused-ring (bicyclic) bond motifs is 2. The van der Waals surface area contributed by atoms with Crippen molar-refractivity contribution < 1.29 is 4.79 Å². The normalized spacial score (nSPS) is 13.7. The van der Waals surface area contributed by atoms with E-state index in [-0.39, 0.29) is 5.78 Å². The molecule has 3 rings (SSSR count). The third kappa shape index (κ3) is 2.55. The monoisotopic (exact) mass is 306 g/mol. The Bertz CT molecular complexity index is 667. The van der Waals surface area contributed by atoms with Crippen LogP contribution in [0.3, 0.4) is 0 Å². The van der Waals surface area contributed by atoms with Gasteiger partial charge in [0.05, 0.1) is 0 Å². The molecule has 96 valence electrons. The SMILES string of the molecule is CSc1ccc2c(c1)C(=O)Cc1cc(Cl)ccc1S2. The molecule has 4 heteroatoms. The molecule has 0 unspecified atom stereocenters. The highest BCUT2D eigenvalue weighted by Crippen LogP contribution is 2.39. The van der Waals surface area contributed by atoms with Crippen LogP contribution in [0.4, 0.5) is 0 Å². The maximum atomic E-state index is 12.4. The summed E-state index contributed by atoms with van der Waals surface area (Å²) in [6.45, 7) is 0. The third-order valence-electron chi connectivity index (χ3n) is 3.08. The summed E-state index contributed by atoms with van der Waals surface area (Å²) in [7, 11) is 0. The quantitative estimate of drug-likeness (QED) is 0.694. The zero-order valence-electron chi connectivity index (χ0n) is 10.3. The van der Waals surface area contributed by atoms with Crippen molar-refractivity contribution in [3.05, 3.63) is 52.5 Å². The van der Waals surface area contributed by atoms with Gasteiger partial charge in [-0.05, 0) is 48.2 Å². The molecule has 1 aliphatic rings. The predicted molar refractivity (Wildman–Crippen MR) is 81.8 cm³/mol. The minimum absolute atomic E-state index is 0.166.